The molecule has 1 aliphatic heterocycles. The van der Waals surface area contributed by atoms with Gasteiger partial charge < -0.3 is 10.5 Å². The summed E-state index contributed by atoms with van der Waals surface area (Å²) in [6, 6.07) is 7.66. The molecule has 1 aliphatic rings. The Hall–Kier alpha value is -1.06. The maximum absolute atomic E-state index is 5.81. The van der Waals surface area contributed by atoms with E-state index in [0.717, 1.165) is 16.5 Å². The number of nitrogens with zero attached hydrogens (tertiary/aromatic N) is 1. The molecule has 1 unspecified atom stereocenters. The van der Waals surface area contributed by atoms with Crippen LogP contribution < -0.4 is 5.73 Å². The van der Waals surface area contributed by atoms with E-state index in [1.54, 1.807) is 0 Å². The minimum absolute atomic E-state index is 0.0313. The predicted molar refractivity (Wildman–Crippen MR) is 61.3 cm³/mol. The molecule has 2 rings (SSSR count). The van der Waals surface area contributed by atoms with Gasteiger partial charge in [0.2, 0.25) is 0 Å². The monoisotopic (exact) mass is 224 g/mol. The fraction of sp³-hybridized carbons (Fsp3) is 0.364. The Kier molecular flexibility index (Phi) is 3.23. The maximum Gasteiger partial charge on any atom is 0.185 e. The van der Waals surface area contributed by atoms with Gasteiger partial charge in [0.05, 0.1) is 6.54 Å². The second-order valence-corrected chi connectivity index (χ2v) is 3.87. The van der Waals surface area contributed by atoms with Gasteiger partial charge >= 0.3 is 0 Å². The van der Waals surface area contributed by atoms with E-state index in [4.69, 9.17) is 22.1 Å². The molecule has 2 N–H and O–H groups in total. The number of nitrogens with two attached hydrogens (primary N) is 1. The molecule has 1 aromatic carbocycles. The summed E-state index contributed by atoms with van der Waals surface area (Å²) >= 11 is 5.81. The summed E-state index contributed by atoms with van der Waals surface area (Å²) in [7, 11) is 0. The molecule has 0 fully saturated rings. The molecule has 1 aromatic rings. The average molecular weight is 225 g/mol. The maximum atomic E-state index is 5.81. The van der Waals surface area contributed by atoms with Gasteiger partial charge in [-0.25, -0.2) is 0 Å². The molecule has 0 saturated heterocycles. The molecule has 0 radical (unpaired) electrons. The van der Waals surface area contributed by atoms with Crippen molar-refractivity contribution in [2.75, 3.05) is 13.1 Å². The topological polar surface area (TPSA) is 47.6 Å². The fourth-order valence-electron chi connectivity index (χ4n) is 1.54. The summed E-state index contributed by atoms with van der Waals surface area (Å²) in [6.45, 7) is 1.25. The fourth-order valence-corrected chi connectivity index (χ4v) is 1.66. The molecular weight excluding hydrogens is 212 g/mol. The smallest absolute Gasteiger partial charge is 0.185 e. The summed E-state index contributed by atoms with van der Waals surface area (Å²) in [5, 5.41) is 0.736. The number of benzene rings is 1. The van der Waals surface area contributed by atoms with Crippen LogP contribution in [0, 0.1) is 0 Å². The standard InChI is InChI=1S/C11H13ClN2O/c12-9-3-1-8(2-4-9)10-7-14-11(15-10)5-6-13/h1-4,10H,5-7,13H2. The van der Waals surface area contributed by atoms with E-state index in [0.29, 0.717) is 19.5 Å². The normalized spacial score (nSPS) is 19.9. The lowest BCUT2D eigenvalue weighted by atomic mass is 10.1. The van der Waals surface area contributed by atoms with Crippen LogP contribution in [0.25, 0.3) is 0 Å². The minimum atomic E-state index is 0.0313. The van der Waals surface area contributed by atoms with Crippen molar-refractivity contribution in [3.8, 4) is 0 Å². The second-order valence-electron chi connectivity index (χ2n) is 3.43. The lowest BCUT2D eigenvalue weighted by Crippen LogP contribution is -2.10. The molecule has 1 atom stereocenters. The van der Waals surface area contributed by atoms with Crippen molar-refractivity contribution in [1.82, 2.24) is 0 Å². The van der Waals surface area contributed by atoms with E-state index in [2.05, 4.69) is 4.99 Å². The zero-order chi connectivity index (χ0) is 10.7. The average Bonchev–Trinajstić information content (AvgIpc) is 2.68. The quantitative estimate of drug-likeness (QED) is 0.856. The predicted octanol–water partition coefficient (Wildman–Crippen LogP) is 2.16. The van der Waals surface area contributed by atoms with Crippen molar-refractivity contribution in [2.24, 2.45) is 10.7 Å². The molecule has 0 bridgehead atoms. The largest absolute Gasteiger partial charge is 0.471 e. The van der Waals surface area contributed by atoms with Gasteiger partial charge in [0.25, 0.3) is 0 Å². The summed E-state index contributed by atoms with van der Waals surface area (Å²) in [5.41, 5.74) is 6.54. The molecule has 4 heteroatoms. The van der Waals surface area contributed by atoms with Gasteiger partial charge in [-0.2, -0.15) is 0 Å². The zero-order valence-electron chi connectivity index (χ0n) is 8.32. The van der Waals surface area contributed by atoms with Gasteiger partial charge in [0, 0.05) is 18.0 Å². The highest BCUT2D eigenvalue weighted by atomic mass is 35.5. The van der Waals surface area contributed by atoms with Crippen molar-refractivity contribution >= 4 is 17.5 Å². The molecule has 0 spiro atoms. The summed E-state index contributed by atoms with van der Waals surface area (Å²) in [5.74, 6) is 0.762. The molecule has 1 heterocycles. The highest BCUT2D eigenvalue weighted by molar-refractivity contribution is 6.30. The number of hydrogen-bond acceptors (Lipinski definition) is 3. The third-order valence-corrected chi connectivity index (χ3v) is 2.56. The molecule has 0 saturated carbocycles. The summed E-state index contributed by atoms with van der Waals surface area (Å²) in [4.78, 5) is 4.29. The minimum Gasteiger partial charge on any atom is -0.471 e. The van der Waals surface area contributed by atoms with Crippen LogP contribution in [0.4, 0.5) is 0 Å². The van der Waals surface area contributed by atoms with Crippen LogP contribution in [-0.2, 0) is 4.74 Å². The van der Waals surface area contributed by atoms with Crippen LogP contribution in [0.3, 0.4) is 0 Å². The third-order valence-electron chi connectivity index (χ3n) is 2.31. The Morgan fingerprint density at radius 3 is 2.80 bits per heavy atom. The first-order chi connectivity index (χ1) is 7.29. The zero-order valence-corrected chi connectivity index (χ0v) is 9.07. The van der Waals surface area contributed by atoms with Crippen molar-refractivity contribution in [3.05, 3.63) is 34.9 Å². The van der Waals surface area contributed by atoms with Crippen LogP contribution >= 0.6 is 11.6 Å². The Morgan fingerprint density at radius 2 is 2.13 bits per heavy atom. The van der Waals surface area contributed by atoms with Crippen molar-refractivity contribution < 1.29 is 4.74 Å². The summed E-state index contributed by atoms with van der Waals surface area (Å²) in [6.07, 6.45) is 0.744. The van der Waals surface area contributed by atoms with Gasteiger partial charge in [-0.05, 0) is 17.7 Å². The van der Waals surface area contributed by atoms with E-state index < -0.39 is 0 Å². The lowest BCUT2D eigenvalue weighted by molar-refractivity contribution is 0.224. The highest BCUT2D eigenvalue weighted by Gasteiger charge is 2.20. The Morgan fingerprint density at radius 1 is 1.40 bits per heavy atom. The van der Waals surface area contributed by atoms with Crippen molar-refractivity contribution in [1.29, 1.82) is 0 Å². The van der Waals surface area contributed by atoms with Crippen LogP contribution in [0.5, 0.6) is 0 Å². The molecule has 0 aromatic heterocycles. The molecule has 15 heavy (non-hydrogen) atoms. The molecule has 0 amide bonds. The number of halogens is 1. The Balaban J connectivity index is 2.01. The Labute approximate surface area is 93.9 Å². The number of ether oxygens (including phenoxy) is 1. The highest BCUT2D eigenvalue weighted by Crippen LogP contribution is 2.24. The molecule has 3 nitrogen and oxygen atoms in total. The molecular formula is C11H13ClN2O. The SMILES string of the molecule is NCCC1=NCC(c2ccc(Cl)cc2)O1. The van der Waals surface area contributed by atoms with Crippen LogP contribution in [0.1, 0.15) is 18.1 Å². The van der Waals surface area contributed by atoms with E-state index in [-0.39, 0.29) is 6.10 Å². The van der Waals surface area contributed by atoms with Crippen molar-refractivity contribution in [3.63, 3.8) is 0 Å². The van der Waals surface area contributed by atoms with Gasteiger partial charge in [-0.1, -0.05) is 23.7 Å². The van der Waals surface area contributed by atoms with Gasteiger partial charge in [0.1, 0.15) is 6.10 Å². The molecule has 80 valence electrons. The van der Waals surface area contributed by atoms with Gasteiger partial charge in [-0.3, -0.25) is 4.99 Å². The van der Waals surface area contributed by atoms with E-state index >= 15 is 0 Å². The van der Waals surface area contributed by atoms with Gasteiger partial charge in [0.15, 0.2) is 5.90 Å². The van der Waals surface area contributed by atoms with Crippen molar-refractivity contribution in [2.45, 2.75) is 12.5 Å². The van der Waals surface area contributed by atoms with Gasteiger partial charge in [-0.15, -0.1) is 0 Å². The Bertz CT molecular complexity index is 361. The third kappa shape index (κ3) is 2.49. The van der Waals surface area contributed by atoms with Crippen LogP contribution in [0.15, 0.2) is 29.3 Å². The summed E-state index contributed by atoms with van der Waals surface area (Å²) < 4.78 is 5.65. The lowest BCUT2D eigenvalue weighted by Gasteiger charge is -2.11. The van der Waals surface area contributed by atoms with E-state index in [1.165, 1.54) is 0 Å². The van der Waals surface area contributed by atoms with Crippen LogP contribution in [0.2, 0.25) is 5.02 Å². The van der Waals surface area contributed by atoms with E-state index in [1.807, 2.05) is 24.3 Å². The van der Waals surface area contributed by atoms with Crippen LogP contribution in [-0.4, -0.2) is 19.0 Å². The molecule has 0 aliphatic carbocycles. The number of hydrogen-bond donors (Lipinski definition) is 1. The first-order valence-corrected chi connectivity index (χ1v) is 5.33. The first kappa shape index (κ1) is 10.5. The van der Waals surface area contributed by atoms with E-state index in [9.17, 15) is 0 Å². The number of aliphatic imine (C=N–C) groups is 1. The first-order valence-electron chi connectivity index (χ1n) is 4.95. The second kappa shape index (κ2) is 4.64. The number of rotatable bonds is 3.